The molecule has 0 aliphatic rings. The average molecular weight is 292 g/mol. The van der Waals surface area contributed by atoms with E-state index in [9.17, 15) is 0 Å². The molecule has 2 aromatic rings. The van der Waals surface area contributed by atoms with E-state index in [1.54, 1.807) is 18.2 Å². The van der Waals surface area contributed by atoms with E-state index < -0.39 is 0 Å². The van der Waals surface area contributed by atoms with Crippen LogP contribution in [0.25, 0.3) is 0 Å². The van der Waals surface area contributed by atoms with Crippen molar-refractivity contribution >= 4 is 34.8 Å². The van der Waals surface area contributed by atoms with Crippen LogP contribution in [-0.2, 0) is 13.1 Å². The van der Waals surface area contributed by atoms with E-state index in [2.05, 4.69) is 10.5 Å². The summed E-state index contributed by atoms with van der Waals surface area (Å²) in [5.74, 6) is 0. The van der Waals surface area contributed by atoms with Gasteiger partial charge in [0.15, 0.2) is 0 Å². The average Bonchev–Trinajstić information content (AvgIpc) is 2.81. The summed E-state index contributed by atoms with van der Waals surface area (Å²) in [6.07, 6.45) is 1.52. The van der Waals surface area contributed by atoms with Gasteiger partial charge in [-0.1, -0.05) is 40.0 Å². The van der Waals surface area contributed by atoms with E-state index in [0.29, 0.717) is 28.2 Å². The third-order valence-corrected chi connectivity index (χ3v) is 3.44. The first-order chi connectivity index (χ1) is 8.18. The largest absolute Gasteiger partial charge is 0.364 e. The summed E-state index contributed by atoms with van der Waals surface area (Å²) < 4.78 is 4.72. The highest BCUT2D eigenvalue weighted by molar-refractivity contribution is 6.44. The van der Waals surface area contributed by atoms with Crippen LogP contribution in [-0.4, -0.2) is 5.16 Å². The fourth-order valence-electron chi connectivity index (χ4n) is 1.38. The van der Waals surface area contributed by atoms with Gasteiger partial charge in [-0.25, -0.2) is 0 Å². The summed E-state index contributed by atoms with van der Waals surface area (Å²) in [4.78, 5) is 0. The van der Waals surface area contributed by atoms with Crippen LogP contribution in [0.1, 0.15) is 11.3 Å². The summed E-state index contributed by atoms with van der Waals surface area (Å²) in [6.45, 7) is 1.10. The second-order valence-electron chi connectivity index (χ2n) is 3.42. The first-order valence-corrected chi connectivity index (χ1v) is 6.04. The van der Waals surface area contributed by atoms with E-state index in [1.807, 2.05) is 0 Å². The maximum atomic E-state index is 6.07. The molecule has 0 radical (unpaired) electrons. The Kier molecular flexibility index (Phi) is 4.29. The number of hydrogen-bond donors (Lipinski definition) is 1. The summed E-state index contributed by atoms with van der Waals surface area (Å²) >= 11 is 18.0. The molecule has 3 nitrogen and oxygen atoms in total. The molecular weight excluding hydrogens is 282 g/mol. The Morgan fingerprint density at radius 2 is 1.82 bits per heavy atom. The SMILES string of the molecule is Clc1ccc(Cl)c(CNCc2ccon2)c1Cl. The van der Waals surface area contributed by atoms with Crippen molar-refractivity contribution in [2.24, 2.45) is 0 Å². The lowest BCUT2D eigenvalue weighted by Crippen LogP contribution is -2.13. The normalized spacial score (nSPS) is 10.8. The van der Waals surface area contributed by atoms with Crippen molar-refractivity contribution in [1.29, 1.82) is 0 Å². The van der Waals surface area contributed by atoms with E-state index in [0.717, 1.165) is 11.3 Å². The van der Waals surface area contributed by atoms with Crippen LogP contribution in [0.5, 0.6) is 0 Å². The van der Waals surface area contributed by atoms with Crippen molar-refractivity contribution in [2.45, 2.75) is 13.1 Å². The first-order valence-electron chi connectivity index (χ1n) is 4.91. The van der Waals surface area contributed by atoms with Gasteiger partial charge in [0.05, 0.1) is 15.7 Å². The molecule has 0 fully saturated rings. The zero-order valence-corrected chi connectivity index (χ0v) is 11.0. The van der Waals surface area contributed by atoms with Gasteiger partial charge in [-0.3, -0.25) is 0 Å². The summed E-state index contributed by atoms with van der Waals surface area (Å²) in [6, 6.07) is 5.18. The number of nitrogens with one attached hydrogen (secondary N) is 1. The zero-order valence-electron chi connectivity index (χ0n) is 8.71. The fourth-order valence-corrected chi connectivity index (χ4v) is 2.06. The molecule has 0 bridgehead atoms. The third-order valence-electron chi connectivity index (χ3n) is 2.24. The Balaban J connectivity index is 2.01. The highest BCUT2D eigenvalue weighted by Gasteiger charge is 2.09. The van der Waals surface area contributed by atoms with Gasteiger partial charge < -0.3 is 9.84 Å². The number of rotatable bonds is 4. The second-order valence-corrected chi connectivity index (χ2v) is 4.61. The van der Waals surface area contributed by atoms with E-state index >= 15 is 0 Å². The zero-order chi connectivity index (χ0) is 12.3. The monoisotopic (exact) mass is 290 g/mol. The Morgan fingerprint density at radius 1 is 1.06 bits per heavy atom. The number of hydrogen-bond acceptors (Lipinski definition) is 3. The number of aromatic nitrogens is 1. The molecule has 0 saturated carbocycles. The highest BCUT2D eigenvalue weighted by Crippen LogP contribution is 2.31. The van der Waals surface area contributed by atoms with Gasteiger partial charge in [0, 0.05) is 29.7 Å². The minimum Gasteiger partial charge on any atom is -0.364 e. The van der Waals surface area contributed by atoms with E-state index in [-0.39, 0.29) is 0 Å². The predicted molar refractivity (Wildman–Crippen MR) is 68.5 cm³/mol. The second kappa shape index (κ2) is 5.74. The maximum absolute atomic E-state index is 6.07. The Morgan fingerprint density at radius 3 is 2.53 bits per heavy atom. The molecule has 0 spiro atoms. The van der Waals surface area contributed by atoms with Gasteiger partial charge in [0.1, 0.15) is 6.26 Å². The van der Waals surface area contributed by atoms with Crippen molar-refractivity contribution in [2.75, 3.05) is 0 Å². The van der Waals surface area contributed by atoms with Gasteiger partial charge >= 0.3 is 0 Å². The van der Waals surface area contributed by atoms with Crippen LogP contribution in [0.3, 0.4) is 0 Å². The first kappa shape index (κ1) is 12.7. The van der Waals surface area contributed by atoms with Crippen LogP contribution in [0.15, 0.2) is 29.0 Å². The maximum Gasteiger partial charge on any atom is 0.124 e. The summed E-state index contributed by atoms with van der Waals surface area (Å²) in [5.41, 5.74) is 1.60. The Hall–Kier alpha value is -0.740. The lowest BCUT2D eigenvalue weighted by molar-refractivity contribution is 0.408. The Bertz CT molecular complexity index is 500. The van der Waals surface area contributed by atoms with Crippen molar-refractivity contribution in [3.8, 4) is 0 Å². The molecule has 1 N–H and O–H groups in total. The van der Waals surface area contributed by atoms with Crippen molar-refractivity contribution in [1.82, 2.24) is 10.5 Å². The Labute approximate surface area is 114 Å². The minimum absolute atomic E-state index is 0.479. The third kappa shape index (κ3) is 3.13. The van der Waals surface area contributed by atoms with Gasteiger partial charge in [-0.05, 0) is 12.1 Å². The molecule has 0 amide bonds. The molecule has 0 aliphatic heterocycles. The molecule has 0 aliphatic carbocycles. The molecule has 0 unspecified atom stereocenters. The number of halogens is 3. The molecule has 6 heteroatoms. The van der Waals surface area contributed by atoms with Crippen LogP contribution < -0.4 is 5.32 Å². The van der Waals surface area contributed by atoms with Gasteiger partial charge in [-0.2, -0.15) is 0 Å². The fraction of sp³-hybridized carbons (Fsp3) is 0.182. The number of benzene rings is 1. The summed E-state index contributed by atoms with van der Waals surface area (Å²) in [5, 5.41) is 8.51. The van der Waals surface area contributed by atoms with Crippen LogP contribution >= 0.6 is 34.8 Å². The molecular formula is C11H9Cl3N2O. The van der Waals surface area contributed by atoms with Gasteiger partial charge in [-0.15, -0.1) is 0 Å². The van der Waals surface area contributed by atoms with Crippen molar-refractivity contribution in [3.63, 3.8) is 0 Å². The predicted octanol–water partition coefficient (Wildman–Crippen LogP) is 3.92. The lowest BCUT2D eigenvalue weighted by atomic mass is 10.2. The smallest absolute Gasteiger partial charge is 0.124 e. The molecule has 0 atom stereocenters. The van der Waals surface area contributed by atoms with Crippen molar-refractivity contribution < 1.29 is 4.52 Å². The number of nitrogens with zero attached hydrogens (tertiary/aromatic N) is 1. The minimum atomic E-state index is 0.479. The molecule has 90 valence electrons. The van der Waals surface area contributed by atoms with Gasteiger partial charge in [0.25, 0.3) is 0 Å². The van der Waals surface area contributed by atoms with Crippen LogP contribution in [0.2, 0.25) is 15.1 Å². The van der Waals surface area contributed by atoms with E-state index in [1.165, 1.54) is 6.26 Å². The molecule has 0 saturated heterocycles. The highest BCUT2D eigenvalue weighted by atomic mass is 35.5. The molecule has 1 heterocycles. The molecule has 1 aromatic carbocycles. The van der Waals surface area contributed by atoms with Crippen LogP contribution in [0, 0.1) is 0 Å². The molecule has 17 heavy (non-hydrogen) atoms. The van der Waals surface area contributed by atoms with Gasteiger partial charge in [0.2, 0.25) is 0 Å². The quantitative estimate of drug-likeness (QED) is 0.868. The molecule has 1 aromatic heterocycles. The van der Waals surface area contributed by atoms with Crippen molar-refractivity contribution in [3.05, 3.63) is 50.8 Å². The summed E-state index contributed by atoms with van der Waals surface area (Å²) in [7, 11) is 0. The van der Waals surface area contributed by atoms with Crippen LogP contribution in [0.4, 0.5) is 0 Å². The topological polar surface area (TPSA) is 38.1 Å². The standard InChI is InChI=1S/C11H9Cl3N2O/c12-9-1-2-10(13)11(14)8(9)6-15-5-7-3-4-17-16-7/h1-4,15H,5-6H2. The van der Waals surface area contributed by atoms with E-state index in [4.69, 9.17) is 39.3 Å². The molecule has 2 rings (SSSR count). The lowest BCUT2D eigenvalue weighted by Gasteiger charge is -2.08.